The normalized spacial score (nSPS) is 14.5. The molecule has 0 atom stereocenters. The number of hydrogen-bond acceptors (Lipinski definition) is 6. The van der Waals surface area contributed by atoms with Gasteiger partial charge in [-0.25, -0.2) is 4.79 Å². The number of non-ortho nitro benzene ring substituents is 1. The molecule has 150 valence electrons. The SMILES string of the molecule is CCOc1cc(/C=C2/NC(=O)NC2=O)c(Br)cc1OCc1cccc([N+](=O)[O-])c1. The molecule has 0 unspecified atom stereocenters. The number of carbonyl (C=O) groups excluding carboxylic acids is 2. The number of nitrogens with one attached hydrogen (secondary N) is 2. The maximum atomic E-state index is 11.7. The molecule has 2 aromatic carbocycles. The van der Waals surface area contributed by atoms with E-state index in [2.05, 4.69) is 26.6 Å². The van der Waals surface area contributed by atoms with Crippen LogP contribution in [0, 0.1) is 10.1 Å². The summed E-state index contributed by atoms with van der Waals surface area (Å²) in [6.45, 7) is 2.30. The molecule has 1 aliphatic rings. The number of imide groups is 1. The molecular formula is C19H16BrN3O6. The first kappa shape index (κ1) is 20.3. The molecule has 1 aliphatic heterocycles. The Hall–Kier alpha value is -3.40. The summed E-state index contributed by atoms with van der Waals surface area (Å²) in [6, 6.07) is 8.92. The van der Waals surface area contributed by atoms with Crippen LogP contribution in [-0.4, -0.2) is 23.5 Å². The second-order valence-corrected chi connectivity index (χ2v) is 6.79. The van der Waals surface area contributed by atoms with Crippen LogP contribution in [0.1, 0.15) is 18.1 Å². The standard InChI is InChI=1S/C19H16BrN3O6/c1-2-28-16-8-12(7-15-18(24)22-19(25)21-15)14(20)9-17(16)29-10-11-4-3-5-13(6-11)23(26)27/h3-9H,2,10H2,1H3,(H2,21,22,24,25)/b15-7+. The van der Waals surface area contributed by atoms with E-state index in [4.69, 9.17) is 9.47 Å². The van der Waals surface area contributed by atoms with Crippen molar-refractivity contribution in [3.63, 3.8) is 0 Å². The molecule has 1 heterocycles. The molecule has 0 spiro atoms. The van der Waals surface area contributed by atoms with E-state index in [1.165, 1.54) is 18.2 Å². The number of nitrogens with zero attached hydrogens (tertiary/aromatic N) is 1. The van der Waals surface area contributed by atoms with Crippen LogP contribution in [0.2, 0.25) is 0 Å². The van der Waals surface area contributed by atoms with Crippen LogP contribution in [0.25, 0.3) is 6.08 Å². The number of urea groups is 1. The highest BCUT2D eigenvalue weighted by atomic mass is 79.9. The second-order valence-electron chi connectivity index (χ2n) is 5.94. The van der Waals surface area contributed by atoms with Crippen LogP contribution in [0.3, 0.4) is 0 Å². The lowest BCUT2D eigenvalue weighted by molar-refractivity contribution is -0.384. The summed E-state index contributed by atoms with van der Waals surface area (Å²) < 4.78 is 12.0. The van der Waals surface area contributed by atoms with Crippen molar-refractivity contribution in [3.05, 3.63) is 67.8 Å². The molecule has 0 aromatic heterocycles. The number of halogens is 1. The fraction of sp³-hybridized carbons (Fsp3) is 0.158. The van der Waals surface area contributed by atoms with Gasteiger partial charge in [0.15, 0.2) is 11.5 Å². The highest BCUT2D eigenvalue weighted by Crippen LogP contribution is 2.35. The topological polar surface area (TPSA) is 120 Å². The third-order valence-electron chi connectivity index (χ3n) is 3.90. The van der Waals surface area contributed by atoms with Crippen LogP contribution < -0.4 is 20.1 Å². The predicted molar refractivity (Wildman–Crippen MR) is 107 cm³/mol. The number of nitro benzene ring substituents is 1. The van der Waals surface area contributed by atoms with E-state index in [1.54, 1.807) is 24.3 Å². The zero-order valence-corrected chi connectivity index (χ0v) is 16.8. The number of carbonyl (C=O) groups is 2. The van der Waals surface area contributed by atoms with Gasteiger partial charge in [0.05, 0.1) is 11.5 Å². The largest absolute Gasteiger partial charge is 0.490 e. The second kappa shape index (κ2) is 8.74. The first-order valence-corrected chi connectivity index (χ1v) is 9.33. The van der Waals surface area contributed by atoms with Crippen molar-refractivity contribution in [2.45, 2.75) is 13.5 Å². The quantitative estimate of drug-likeness (QED) is 0.281. The Morgan fingerprint density at radius 2 is 1.90 bits per heavy atom. The van der Waals surface area contributed by atoms with E-state index in [1.807, 2.05) is 6.92 Å². The lowest BCUT2D eigenvalue weighted by Gasteiger charge is -2.14. The molecule has 1 saturated heterocycles. The van der Waals surface area contributed by atoms with Gasteiger partial charge in [-0.2, -0.15) is 0 Å². The first-order chi connectivity index (χ1) is 13.9. The Labute approximate surface area is 174 Å². The highest BCUT2D eigenvalue weighted by molar-refractivity contribution is 9.10. The predicted octanol–water partition coefficient (Wildman–Crippen LogP) is 3.52. The summed E-state index contributed by atoms with van der Waals surface area (Å²) in [5.41, 5.74) is 1.33. The minimum absolute atomic E-state index is 0.0174. The molecule has 3 amide bonds. The molecule has 0 aliphatic carbocycles. The van der Waals surface area contributed by atoms with E-state index in [-0.39, 0.29) is 18.0 Å². The van der Waals surface area contributed by atoms with Gasteiger partial charge in [-0.05, 0) is 36.3 Å². The third-order valence-corrected chi connectivity index (χ3v) is 4.59. The number of ether oxygens (including phenoxy) is 2. The van der Waals surface area contributed by atoms with E-state index >= 15 is 0 Å². The summed E-state index contributed by atoms with van der Waals surface area (Å²) in [5.74, 6) is 0.330. The zero-order chi connectivity index (χ0) is 21.0. The maximum absolute atomic E-state index is 11.7. The molecule has 0 saturated carbocycles. The summed E-state index contributed by atoms with van der Waals surface area (Å²) in [4.78, 5) is 33.4. The summed E-state index contributed by atoms with van der Waals surface area (Å²) >= 11 is 3.42. The van der Waals surface area contributed by atoms with Crippen LogP contribution >= 0.6 is 15.9 Å². The van der Waals surface area contributed by atoms with Crippen molar-refractivity contribution in [2.24, 2.45) is 0 Å². The van der Waals surface area contributed by atoms with Crippen molar-refractivity contribution in [1.29, 1.82) is 0 Å². The molecule has 2 N–H and O–H groups in total. The average Bonchev–Trinajstić information content (AvgIpc) is 3.00. The first-order valence-electron chi connectivity index (χ1n) is 8.54. The van der Waals surface area contributed by atoms with Gasteiger partial charge in [-0.15, -0.1) is 0 Å². The highest BCUT2D eigenvalue weighted by Gasteiger charge is 2.23. The number of nitro groups is 1. The Bertz CT molecular complexity index is 1020. The Kier molecular flexibility index (Phi) is 6.13. The lowest BCUT2D eigenvalue weighted by Crippen LogP contribution is -2.22. The Morgan fingerprint density at radius 3 is 2.55 bits per heavy atom. The smallest absolute Gasteiger partial charge is 0.326 e. The van der Waals surface area contributed by atoms with Gasteiger partial charge in [-0.3, -0.25) is 20.2 Å². The van der Waals surface area contributed by atoms with Crippen molar-refractivity contribution >= 4 is 39.6 Å². The Balaban J connectivity index is 1.85. The molecule has 1 fully saturated rings. The lowest BCUT2D eigenvalue weighted by atomic mass is 10.1. The molecule has 0 bridgehead atoms. The zero-order valence-electron chi connectivity index (χ0n) is 15.2. The molecule has 9 nitrogen and oxygen atoms in total. The van der Waals surface area contributed by atoms with Gasteiger partial charge in [0, 0.05) is 16.6 Å². The van der Waals surface area contributed by atoms with Gasteiger partial charge < -0.3 is 14.8 Å². The van der Waals surface area contributed by atoms with Gasteiger partial charge in [-0.1, -0.05) is 28.1 Å². The number of hydrogen-bond donors (Lipinski definition) is 2. The van der Waals surface area contributed by atoms with E-state index < -0.39 is 16.9 Å². The van der Waals surface area contributed by atoms with Crippen molar-refractivity contribution in [2.75, 3.05) is 6.61 Å². The fourth-order valence-electron chi connectivity index (χ4n) is 2.60. The Morgan fingerprint density at radius 1 is 1.14 bits per heavy atom. The summed E-state index contributed by atoms with van der Waals surface area (Å²) in [5, 5.41) is 15.5. The van der Waals surface area contributed by atoms with Crippen molar-refractivity contribution in [1.82, 2.24) is 10.6 Å². The van der Waals surface area contributed by atoms with Gasteiger partial charge in [0.25, 0.3) is 11.6 Å². The fourth-order valence-corrected chi connectivity index (χ4v) is 3.04. The number of amides is 3. The van der Waals surface area contributed by atoms with Gasteiger partial charge in [0.1, 0.15) is 12.3 Å². The third kappa shape index (κ3) is 4.91. The van der Waals surface area contributed by atoms with Crippen LogP contribution in [0.4, 0.5) is 10.5 Å². The van der Waals surface area contributed by atoms with Crippen LogP contribution in [0.15, 0.2) is 46.6 Å². The molecule has 10 heteroatoms. The minimum atomic E-state index is -0.584. The number of rotatable bonds is 7. The number of benzene rings is 2. The average molecular weight is 462 g/mol. The van der Waals surface area contributed by atoms with E-state index in [9.17, 15) is 19.7 Å². The molecule has 3 rings (SSSR count). The van der Waals surface area contributed by atoms with Gasteiger partial charge >= 0.3 is 6.03 Å². The van der Waals surface area contributed by atoms with Crippen molar-refractivity contribution < 1.29 is 24.0 Å². The minimum Gasteiger partial charge on any atom is -0.490 e. The van der Waals surface area contributed by atoms with E-state index in [0.717, 1.165) is 0 Å². The molecule has 29 heavy (non-hydrogen) atoms. The molecule has 0 radical (unpaired) electrons. The monoisotopic (exact) mass is 461 g/mol. The summed E-state index contributed by atoms with van der Waals surface area (Å²) in [6.07, 6.45) is 1.51. The molecular weight excluding hydrogens is 446 g/mol. The van der Waals surface area contributed by atoms with E-state index in [0.29, 0.717) is 33.7 Å². The summed E-state index contributed by atoms with van der Waals surface area (Å²) in [7, 11) is 0. The molecule has 2 aromatic rings. The van der Waals surface area contributed by atoms with Gasteiger partial charge in [0.2, 0.25) is 0 Å². The van der Waals surface area contributed by atoms with Crippen LogP contribution in [0.5, 0.6) is 11.5 Å². The van der Waals surface area contributed by atoms with Crippen LogP contribution in [-0.2, 0) is 11.4 Å². The maximum Gasteiger partial charge on any atom is 0.326 e. The van der Waals surface area contributed by atoms with Crippen molar-refractivity contribution in [3.8, 4) is 11.5 Å².